The van der Waals surface area contributed by atoms with Crippen molar-refractivity contribution in [1.82, 2.24) is 9.47 Å². The fraction of sp³-hybridized carbons (Fsp3) is 0.308. The van der Waals surface area contributed by atoms with Crippen molar-refractivity contribution >= 4 is 22.7 Å². The normalized spacial score (nSPS) is 19.8. The Morgan fingerprint density at radius 1 is 1.09 bits per heavy atom. The Morgan fingerprint density at radius 3 is 2.52 bits per heavy atom. The number of benzene rings is 2. The largest absolute Gasteiger partial charge is 0.459 e. The minimum atomic E-state index is -0.601. The zero-order valence-corrected chi connectivity index (χ0v) is 18.4. The number of fused-ring (bicyclic) bond motifs is 1. The number of aromatic nitrogens is 1. The monoisotopic (exact) mass is 446 g/mol. The lowest BCUT2D eigenvalue weighted by Crippen LogP contribution is -2.29. The SMILES string of the molecule is CC(=O)n1cc([C@@H]2C=C(C(=O)N3CC3)O[C@H](OCc3ccc(CO)cc3)C2)c2ccccc21. The zero-order chi connectivity index (χ0) is 22.9. The van der Waals surface area contributed by atoms with Crippen LogP contribution in [0.2, 0.25) is 0 Å². The summed E-state index contributed by atoms with van der Waals surface area (Å²) in [6.07, 6.45) is 3.65. The van der Waals surface area contributed by atoms with Crippen LogP contribution in [0.25, 0.3) is 10.9 Å². The Hall–Kier alpha value is -3.42. The summed E-state index contributed by atoms with van der Waals surface area (Å²) in [6, 6.07) is 15.3. The summed E-state index contributed by atoms with van der Waals surface area (Å²) < 4.78 is 13.7. The van der Waals surface area contributed by atoms with Gasteiger partial charge in [-0.1, -0.05) is 42.5 Å². The number of nitrogens with zero attached hydrogens (tertiary/aromatic N) is 2. The van der Waals surface area contributed by atoms with E-state index in [0.717, 1.165) is 40.7 Å². The molecule has 7 heteroatoms. The van der Waals surface area contributed by atoms with E-state index in [4.69, 9.17) is 9.47 Å². The lowest BCUT2D eigenvalue weighted by atomic mass is 9.92. The highest BCUT2D eigenvalue weighted by Crippen LogP contribution is 2.37. The molecule has 1 fully saturated rings. The topological polar surface area (TPSA) is 80.8 Å². The molecule has 2 aliphatic rings. The zero-order valence-electron chi connectivity index (χ0n) is 18.4. The van der Waals surface area contributed by atoms with Gasteiger partial charge in [0.1, 0.15) is 0 Å². The Balaban J connectivity index is 1.43. The summed E-state index contributed by atoms with van der Waals surface area (Å²) in [6.45, 7) is 3.32. The molecular formula is C26H26N2O5. The van der Waals surface area contributed by atoms with Gasteiger partial charge in [0, 0.05) is 43.9 Å². The van der Waals surface area contributed by atoms with Gasteiger partial charge in [-0.2, -0.15) is 0 Å². The quantitative estimate of drug-likeness (QED) is 0.586. The van der Waals surface area contributed by atoms with Crippen molar-refractivity contribution in [1.29, 1.82) is 0 Å². The van der Waals surface area contributed by atoms with Crippen LogP contribution >= 0.6 is 0 Å². The van der Waals surface area contributed by atoms with Gasteiger partial charge < -0.3 is 19.5 Å². The molecule has 2 aliphatic heterocycles. The number of aliphatic hydroxyl groups excluding tert-OH is 1. The number of rotatable bonds is 6. The van der Waals surface area contributed by atoms with E-state index in [-0.39, 0.29) is 24.3 Å². The van der Waals surface area contributed by atoms with Crippen molar-refractivity contribution in [3.05, 3.63) is 83.3 Å². The molecule has 3 heterocycles. The van der Waals surface area contributed by atoms with E-state index in [2.05, 4.69) is 0 Å². The van der Waals surface area contributed by atoms with Crippen LogP contribution in [0.4, 0.5) is 0 Å². The number of carbonyl (C=O) groups excluding carboxylic acids is 2. The van der Waals surface area contributed by atoms with Crippen LogP contribution in [-0.4, -0.2) is 45.8 Å². The van der Waals surface area contributed by atoms with Crippen molar-refractivity contribution in [3.63, 3.8) is 0 Å². The minimum absolute atomic E-state index is 0.00478. The van der Waals surface area contributed by atoms with Crippen molar-refractivity contribution in [2.24, 2.45) is 0 Å². The molecule has 2 aromatic carbocycles. The predicted molar refractivity (Wildman–Crippen MR) is 122 cm³/mol. The molecule has 0 radical (unpaired) electrons. The van der Waals surface area contributed by atoms with Gasteiger partial charge in [0.25, 0.3) is 5.91 Å². The molecule has 0 spiro atoms. The first-order valence-corrected chi connectivity index (χ1v) is 11.1. The third-order valence-electron chi connectivity index (χ3n) is 6.13. The molecule has 0 saturated carbocycles. The van der Waals surface area contributed by atoms with Crippen LogP contribution in [0.3, 0.4) is 0 Å². The number of aliphatic hydroxyl groups is 1. The molecule has 0 aliphatic carbocycles. The maximum absolute atomic E-state index is 12.8. The van der Waals surface area contributed by atoms with E-state index in [1.807, 2.05) is 60.8 Å². The number of amides is 1. The average Bonchev–Trinajstić information content (AvgIpc) is 3.62. The van der Waals surface area contributed by atoms with E-state index < -0.39 is 6.29 Å². The molecule has 0 bridgehead atoms. The molecule has 1 aromatic heterocycles. The van der Waals surface area contributed by atoms with Gasteiger partial charge in [-0.3, -0.25) is 14.2 Å². The smallest absolute Gasteiger partial charge is 0.288 e. The van der Waals surface area contributed by atoms with Crippen LogP contribution in [-0.2, 0) is 27.5 Å². The molecule has 170 valence electrons. The summed E-state index contributed by atoms with van der Waals surface area (Å²) in [7, 11) is 0. The number of hydrogen-bond donors (Lipinski definition) is 1. The fourth-order valence-electron chi connectivity index (χ4n) is 4.23. The standard InChI is InChI=1S/C26H26N2O5/c1-17(30)28-14-22(21-4-2-3-5-23(21)28)20-12-24(26(31)27-10-11-27)33-25(13-20)32-16-19-8-6-18(15-29)7-9-19/h2-9,12,14,20,25,29H,10-11,13,15-16H2,1H3/t20-,25+/m1/s1. The molecule has 7 nitrogen and oxygen atoms in total. The first kappa shape index (κ1) is 21.4. The van der Waals surface area contributed by atoms with Gasteiger partial charge in [0.15, 0.2) is 5.76 Å². The van der Waals surface area contributed by atoms with Crippen molar-refractivity contribution in [2.45, 2.75) is 38.8 Å². The number of ether oxygens (including phenoxy) is 2. The molecular weight excluding hydrogens is 420 g/mol. The lowest BCUT2D eigenvalue weighted by molar-refractivity contribution is -0.152. The maximum atomic E-state index is 12.8. The first-order valence-electron chi connectivity index (χ1n) is 11.1. The summed E-state index contributed by atoms with van der Waals surface area (Å²) in [5.41, 5.74) is 3.61. The average molecular weight is 447 g/mol. The second kappa shape index (κ2) is 8.84. The summed E-state index contributed by atoms with van der Waals surface area (Å²) in [5, 5.41) is 10.2. The number of hydrogen-bond acceptors (Lipinski definition) is 5. The lowest BCUT2D eigenvalue weighted by Gasteiger charge is -2.29. The third kappa shape index (κ3) is 4.42. The van der Waals surface area contributed by atoms with Gasteiger partial charge in [-0.25, -0.2) is 0 Å². The Morgan fingerprint density at radius 2 is 1.82 bits per heavy atom. The van der Waals surface area contributed by atoms with Gasteiger partial charge in [-0.15, -0.1) is 0 Å². The van der Waals surface area contributed by atoms with Gasteiger partial charge in [0.2, 0.25) is 12.2 Å². The fourth-order valence-corrected chi connectivity index (χ4v) is 4.23. The highest BCUT2D eigenvalue weighted by molar-refractivity contribution is 5.95. The summed E-state index contributed by atoms with van der Waals surface area (Å²) >= 11 is 0. The van der Waals surface area contributed by atoms with Crippen LogP contribution < -0.4 is 0 Å². The van der Waals surface area contributed by atoms with Crippen molar-refractivity contribution in [3.8, 4) is 0 Å². The number of para-hydroxylation sites is 1. The van der Waals surface area contributed by atoms with Gasteiger partial charge >= 0.3 is 0 Å². The molecule has 3 aromatic rings. The van der Waals surface area contributed by atoms with E-state index >= 15 is 0 Å². The summed E-state index contributed by atoms with van der Waals surface area (Å²) in [4.78, 5) is 26.7. The van der Waals surface area contributed by atoms with E-state index in [9.17, 15) is 14.7 Å². The highest BCUT2D eigenvalue weighted by Gasteiger charge is 2.35. The highest BCUT2D eigenvalue weighted by atomic mass is 16.7. The predicted octanol–water partition coefficient (Wildman–Crippen LogP) is 3.57. The Kier molecular flexibility index (Phi) is 5.74. The molecule has 1 amide bonds. The second-order valence-corrected chi connectivity index (χ2v) is 8.49. The first-order chi connectivity index (χ1) is 16.0. The Bertz CT molecular complexity index is 1220. The van der Waals surface area contributed by atoms with Crippen LogP contribution in [0, 0.1) is 0 Å². The third-order valence-corrected chi connectivity index (χ3v) is 6.13. The van der Waals surface area contributed by atoms with Crippen molar-refractivity contribution in [2.75, 3.05) is 13.1 Å². The van der Waals surface area contributed by atoms with E-state index in [1.54, 1.807) is 16.4 Å². The summed E-state index contributed by atoms with van der Waals surface area (Å²) in [5.74, 6) is -0.0298. The number of allylic oxidation sites excluding steroid dienone is 1. The molecule has 0 unspecified atom stereocenters. The number of carbonyl (C=O) groups is 2. The van der Waals surface area contributed by atoms with Gasteiger partial charge in [0.05, 0.1) is 18.7 Å². The van der Waals surface area contributed by atoms with E-state index in [0.29, 0.717) is 18.8 Å². The van der Waals surface area contributed by atoms with Crippen molar-refractivity contribution < 1.29 is 24.2 Å². The molecule has 2 atom stereocenters. The van der Waals surface area contributed by atoms with E-state index in [1.165, 1.54) is 0 Å². The van der Waals surface area contributed by atoms with Crippen LogP contribution in [0.5, 0.6) is 0 Å². The van der Waals surface area contributed by atoms with Gasteiger partial charge in [-0.05, 0) is 28.8 Å². The molecule has 1 saturated heterocycles. The maximum Gasteiger partial charge on any atom is 0.288 e. The second-order valence-electron chi connectivity index (χ2n) is 8.49. The minimum Gasteiger partial charge on any atom is -0.459 e. The van der Waals surface area contributed by atoms with Crippen LogP contribution in [0.15, 0.2) is 66.6 Å². The molecule has 5 rings (SSSR count). The van der Waals surface area contributed by atoms with Crippen LogP contribution in [0.1, 0.15) is 40.7 Å². The molecule has 1 N–H and O–H groups in total. The molecule has 33 heavy (non-hydrogen) atoms. The Labute approximate surface area is 191 Å².